The fraction of sp³-hybridized carbons (Fsp3) is 0.133. The molecule has 0 spiro atoms. The normalized spacial score (nSPS) is 10.2. The van der Waals surface area contributed by atoms with Gasteiger partial charge in [-0.2, -0.15) is 0 Å². The first-order valence-electron chi connectivity index (χ1n) is 5.87. The number of ether oxygens (including phenoxy) is 1. The van der Waals surface area contributed by atoms with Crippen LogP contribution < -0.4 is 4.74 Å². The van der Waals surface area contributed by atoms with Crippen LogP contribution in [0, 0.1) is 5.82 Å². The largest absolute Gasteiger partial charge is 0.507 e. The van der Waals surface area contributed by atoms with Crippen molar-refractivity contribution in [2.75, 3.05) is 6.61 Å². The third kappa shape index (κ3) is 2.57. The van der Waals surface area contributed by atoms with E-state index in [4.69, 9.17) is 4.74 Å². The molecule has 3 nitrogen and oxygen atoms in total. The summed E-state index contributed by atoms with van der Waals surface area (Å²) in [4.78, 5) is 11.0. The maximum absolute atomic E-state index is 13.0. The third-order valence-corrected chi connectivity index (χ3v) is 2.71. The molecule has 19 heavy (non-hydrogen) atoms. The minimum Gasteiger partial charge on any atom is -0.507 e. The van der Waals surface area contributed by atoms with Gasteiger partial charge in [0.25, 0.3) is 0 Å². The molecule has 0 saturated heterocycles. The number of carbonyl (C=O) groups excluding carboxylic acids is 1. The number of rotatable bonds is 4. The zero-order valence-corrected chi connectivity index (χ0v) is 10.4. The molecule has 0 amide bonds. The van der Waals surface area contributed by atoms with Crippen LogP contribution in [-0.2, 0) is 0 Å². The van der Waals surface area contributed by atoms with Crippen molar-refractivity contribution in [2.24, 2.45) is 0 Å². The zero-order valence-electron chi connectivity index (χ0n) is 10.4. The number of carbonyl (C=O) groups is 1. The van der Waals surface area contributed by atoms with E-state index in [-0.39, 0.29) is 5.75 Å². The standard InChI is InChI=1S/C15H13FO3/c1-2-19-15-10(9-17)4-3-5-13(15)12-7-6-11(16)8-14(12)18/h3-9,18H,2H2,1H3. The van der Waals surface area contributed by atoms with Gasteiger partial charge < -0.3 is 9.84 Å². The predicted octanol–water partition coefficient (Wildman–Crippen LogP) is 3.41. The van der Waals surface area contributed by atoms with Crippen molar-refractivity contribution >= 4 is 6.29 Å². The Morgan fingerprint density at radius 3 is 2.68 bits per heavy atom. The van der Waals surface area contributed by atoms with Gasteiger partial charge in [0, 0.05) is 17.2 Å². The second-order valence-electron chi connectivity index (χ2n) is 3.94. The van der Waals surface area contributed by atoms with Crippen LogP contribution in [0.3, 0.4) is 0 Å². The van der Waals surface area contributed by atoms with Gasteiger partial charge in [-0.3, -0.25) is 4.79 Å². The number of hydrogen-bond donors (Lipinski definition) is 1. The topological polar surface area (TPSA) is 46.5 Å². The van der Waals surface area contributed by atoms with Crippen LogP contribution in [0.2, 0.25) is 0 Å². The van der Waals surface area contributed by atoms with Crippen LogP contribution >= 0.6 is 0 Å². The van der Waals surface area contributed by atoms with Crippen LogP contribution in [0.25, 0.3) is 11.1 Å². The number of aromatic hydroxyl groups is 1. The summed E-state index contributed by atoms with van der Waals surface area (Å²) in [6.07, 6.45) is 0.690. The van der Waals surface area contributed by atoms with E-state index >= 15 is 0 Å². The molecule has 0 bridgehead atoms. The van der Waals surface area contributed by atoms with Gasteiger partial charge in [-0.25, -0.2) is 4.39 Å². The first-order valence-corrected chi connectivity index (χ1v) is 5.87. The van der Waals surface area contributed by atoms with E-state index in [9.17, 15) is 14.3 Å². The molecule has 2 aromatic carbocycles. The lowest BCUT2D eigenvalue weighted by Crippen LogP contribution is -1.98. The monoisotopic (exact) mass is 260 g/mol. The summed E-state index contributed by atoms with van der Waals surface area (Å²) in [5.41, 5.74) is 1.38. The Labute approximate surface area is 110 Å². The molecule has 0 aromatic heterocycles. The highest BCUT2D eigenvalue weighted by molar-refractivity contribution is 5.87. The fourth-order valence-electron chi connectivity index (χ4n) is 1.90. The number of hydrogen-bond acceptors (Lipinski definition) is 3. The Bertz CT molecular complexity index is 608. The number of aldehydes is 1. The summed E-state index contributed by atoms with van der Waals surface area (Å²) < 4.78 is 18.5. The molecule has 0 aliphatic rings. The van der Waals surface area contributed by atoms with Crippen LogP contribution in [0.4, 0.5) is 4.39 Å². The molecule has 2 aromatic rings. The Morgan fingerprint density at radius 2 is 2.05 bits per heavy atom. The molecule has 0 heterocycles. The maximum atomic E-state index is 13.0. The van der Waals surface area contributed by atoms with Gasteiger partial charge in [-0.1, -0.05) is 12.1 Å². The van der Waals surface area contributed by atoms with Gasteiger partial charge in [0.05, 0.1) is 12.2 Å². The molecule has 98 valence electrons. The van der Waals surface area contributed by atoms with Gasteiger partial charge in [0.1, 0.15) is 17.3 Å². The van der Waals surface area contributed by atoms with Crippen molar-refractivity contribution in [3.8, 4) is 22.6 Å². The Hall–Kier alpha value is -2.36. The lowest BCUT2D eigenvalue weighted by Gasteiger charge is -2.13. The van der Waals surface area contributed by atoms with E-state index in [1.165, 1.54) is 12.1 Å². The fourth-order valence-corrected chi connectivity index (χ4v) is 1.90. The molecule has 0 saturated carbocycles. The average molecular weight is 260 g/mol. The van der Waals surface area contributed by atoms with E-state index in [0.717, 1.165) is 6.07 Å². The number of benzene rings is 2. The first kappa shape index (κ1) is 13.1. The lowest BCUT2D eigenvalue weighted by molar-refractivity contribution is 0.112. The van der Waals surface area contributed by atoms with Gasteiger partial charge >= 0.3 is 0 Å². The summed E-state index contributed by atoms with van der Waals surface area (Å²) in [5, 5.41) is 9.82. The van der Waals surface area contributed by atoms with E-state index in [1.54, 1.807) is 25.1 Å². The molecule has 1 N–H and O–H groups in total. The van der Waals surface area contributed by atoms with Gasteiger partial charge in [0.15, 0.2) is 6.29 Å². The van der Waals surface area contributed by atoms with Crippen molar-refractivity contribution in [1.82, 2.24) is 0 Å². The van der Waals surface area contributed by atoms with Crippen molar-refractivity contribution in [3.63, 3.8) is 0 Å². The highest BCUT2D eigenvalue weighted by Gasteiger charge is 2.14. The number of phenols is 1. The lowest BCUT2D eigenvalue weighted by atomic mass is 10.0. The average Bonchev–Trinajstić information content (AvgIpc) is 2.40. The molecule has 0 radical (unpaired) electrons. The number of phenolic OH excluding ortho intramolecular Hbond substituents is 1. The summed E-state index contributed by atoms with van der Waals surface area (Å²) in [7, 11) is 0. The first-order chi connectivity index (χ1) is 9.17. The van der Waals surface area contributed by atoms with Crippen molar-refractivity contribution in [3.05, 3.63) is 47.8 Å². The van der Waals surface area contributed by atoms with E-state index in [1.807, 2.05) is 0 Å². The molecule has 0 unspecified atom stereocenters. The molecular weight excluding hydrogens is 247 g/mol. The summed E-state index contributed by atoms with van der Waals surface area (Å²) >= 11 is 0. The Kier molecular flexibility index (Phi) is 3.80. The van der Waals surface area contributed by atoms with E-state index < -0.39 is 5.82 Å². The molecule has 2 rings (SSSR count). The molecule has 4 heteroatoms. The van der Waals surface area contributed by atoms with Crippen LogP contribution in [0.15, 0.2) is 36.4 Å². The van der Waals surface area contributed by atoms with E-state index in [0.29, 0.717) is 35.3 Å². The van der Waals surface area contributed by atoms with Crippen LogP contribution in [0.1, 0.15) is 17.3 Å². The second-order valence-corrected chi connectivity index (χ2v) is 3.94. The molecule has 0 fully saturated rings. The SMILES string of the molecule is CCOc1c(C=O)cccc1-c1ccc(F)cc1O. The third-order valence-electron chi connectivity index (χ3n) is 2.71. The maximum Gasteiger partial charge on any atom is 0.153 e. The molecular formula is C15H13FO3. The Balaban J connectivity index is 2.63. The van der Waals surface area contributed by atoms with Crippen molar-refractivity contribution in [2.45, 2.75) is 6.92 Å². The highest BCUT2D eigenvalue weighted by atomic mass is 19.1. The minimum absolute atomic E-state index is 0.191. The minimum atomic E-state index is -0.522. The highest BCUT2D eigenvalue weighted by Crippen LogP contribution is 2.37. The quantitative estimate of drug-likeness (QED) is 0.857. The van der Waals surface area contributed by atoms with E-state index in [2.05, 4.69) is 0 Å². The predicted molar refractivity (Wildman–Crippen MR) is 70.1 cm³/mol. The smallest absolute Gasteiger partial charge is 0.153 e. The second kappa shape index (κ2) is 5.52. The van der Waals surface area contributed by atoms with Gasteiger partial charge in [-0.05, 0) is 25.1 Å². The molecule has 0 atom stereocenters. The van der Waals surface area contributed by atoms with Crippen LogP contribution in [0.5, 0.6) is 11.5 Å². The number of halogens is 1. The Morgan fingerprint density at radius 1 is 1.26 bits per heavy atom. The molecule has 0 aliphatic heterocycles. The van der Waals surface area contributed by atoms with Crippen molar-refractivity contribution in [1.29, 1.82) is 0 Å². The summed E-state index contributed by atoms with van der Waals surface area (Å²) in [5.74, 6) is -0.323. The summed E-state index contributed by atoms with van der Waals surface area (Å²) in [6.45, 7) is 2.19. The molecule has 0 aliphatic carbocycles. The van der Waals surface area contributed by atoms with Crippen LogP contribution in [-0.4, -0.2) is 18.0 Å². The van der Waals surface area contributed by atoms with Crippen molar-refractivity contribution < 1.29 is 19.0 Å². The summed E-state index contributed by atoms with van der Waals surface area (Å²) in [6, 6.07) is 8.76. The zero-order chi connectivity index (χ0) is 13.8. The van der Waals surface area contributed by atoms with Gasteiger partial charge in [0.2, 0.25) is 0 Å². The van der Waals surface area contributed by atoms with Gasteiger partial charge in [-0.15, -0.1) is 0 Å². The number of para-hydroxylation sites is 1.